The molecular formula is C28H26N4O3S. The number of anilines is 1. The van der Waals surface area contributed by atoms with Gasteiger partial charge in [0.15, 0.2) is 11.6 Å². The molecule has 8 heteroatoms. The van der Waals surface area contributed by atoms with Crippen molar-refractivity contribution in [1.29, 1.82) is 0 Å². The van der Waals surface area contributed by atoms with Crippen molar-refractivity contribution in [2.24, 2.45) is 0 Å². The van der Waals surface area contributed by atoms with Gasteiger partial charge >= 0.3 is 0 Å². The highest BCUT2D eigenvalue weighted by Crippen LogP contribution is 2.40. The molecule has 7 nitrogen and oxygen atoms in total. The smallest absolute Gasteiger partial charge is 0.246 e. The van der Waals surface area contributed by atoms with E-state index >= 15 is 0 Å². The standard InChI is InChI=1S/C28H26N4O3S/c1-2-25(34)32-9-8-18-14-19(6-7-21(18)17-32)24-16-23-26(36-24)28(31-10-12-35-13-11-31)30-27(29-23)20-4-3-5-22(33)15-20/h2-7,14-16,33H,1,8-13,17H2. The Morgan fingerprint density at radius 1 is 1.03 bits per heavy atom. The van der Waals surface area contributed by atoms with Gasteiger partial charge in [-0.15, -0.1) is 11.3 Å². The lowest BCUT2D eigenvalue weighted by atomic mass is 9.96. The molecule has 36 heavy (non-hydrogen) atoms. The van der Waals surface area contributed by atoms with Gasteiger partial charge < -0.3 is 19.6 Å². The van der Waals surface area contributed by atoms with Gasteiger partial charge in [0.2, 0.25) is 5.91 Å². The molecule has 4 heterocycles. The summed E-state index contributed by atoms with van der Waals surface area (Å²) in [6.45, 7) is 7.82. The minimum absolute atomic E-state index is 0.0222. The molecule has 1 amide bonds. The molecule has 0 aliphatic carbocycles. The summed E-state index contributed by atoms with van der Waals surface area (Å²) in [5.74, 6) is 1.68. The summed E-state index contributed by atoms with van der Waals surface area (Å²) in [4.78, 5) is 27.1. The highest BCUT2D eigenvalue weighted by atomic mass is 32.1. The van der Waals surface area contributed by atoms with Gasteiger partial charge in [0.1, 0.15) is 5.75 Å². The van der Waals surface area contributed by atoms with Gasteiger partial charge in [-0.1, -0.05) is 30.8 Å². The van der Waals surface area contributed by atoms with E-state index in [0.29, 0.717) is 32.1 Å². The highest BCUT2D eigenvalue weighted by molar-refractivity contribution is 7.22. The van der Waals surface area contributed by atoms with Crippen LogP contribution in [-0.2, 0) is 22.5 Å². The van der Waals surface area contributed by atoms with Crippen LogP contribution in [0.2, 0.25) is 0 Å². The monoisotopic (exact) mass is 498 g/mol. The van der Waals surface area contributed by atoms with Gasteiger partial charge in [0, 0.05) is 36.6 Å². The number of rotatable bonds is 4. The van der Waals surface area contributed by atoms with E-state index < -0.39 is 0 Å². The fourth-order valence-electron chi connectivity index (χ4n) is 4.84. The number of thiophene rings is 1. The summed E-state index contributed by atoms with van der Waals surface area (Å²) in [7, 11) is 0. The first-order valence-electron chi connectivity index (χ1n) is 12.1. The third kappa shape index (κ3) is 4.23. The topological polar surface area (TPSA) is 78.8 Å². The second-order valence-corrected chi connectivity index (χ2v) is 10.1. The largest absolute Gasteiger partial charge is 0.508 e. The first kappa shape index (κ1) is 22.7. The lowest BCUT2D eigenvalue weighted by molar-refractivity contribution is -0.126. The summed E-state index contributed by atoms with van der Waals surface area (Å²) >= 11 is 1.70. The number of benzene rings is 2. The number of ether oxygens (including phenoxy) is 1. The van der Waals surface area contributed by atoms with Gasteiger partial charge in [0.05, 0.1) is 23.4 Å². The minimum Gasteiger partial charge on any atom is -0.508 e. The minimum atomic E-state index is -0.0222. The van der Waals surface area contributed by atoms with Crippen LogP contribution in [-0.4, -0.2) is 58.7 Å². The second-order valence-electron chi connectivity index (χ2n) is 9.04. The van der Waals surface area contributed by atoms with E-state index in [9.17, 15) is 9.90 Å². The fourth-order valence-corrected chi connectivity index (χ4v) is 5.95. The van der Waals surface area contributed by atoms with Crippen LogP contribution < -0.4 is 4.90 Å². The number of fused-ring (bicyclic) bond motifs is 2. The first-order valence-corrected chi connectivity index (χ1v) is 12.9. The molecular weight excluding hydrogens is 472 g/mol. The van der Waals surface area contributed by atoms with Crippen molar-refractivity contribution < 1.29 is 14.6 Å². The summed E-state index contributed by atoms with van der Waals surface area (Å²) in [5, 5.41) is 10.0. The lowest BCUT2D eigenvalue weighted by Gasteiger charge is -2.28. The van der Waals surface area contributed by atoms with Crippen molar-refractivity contribution in [2.45, 2.75) is 13.0 Å². The van der Waals surface area contributed by atoms with E-state index in [1.54, 1.807) is 23.5 Å². The summed E-state index contributed by atoms with van der Waals surface area (Å²) in [6.07, 6.45) is 2.21. The summed E-state index contributed by atoms with van der Waals surface area (Å²) in [5.41, 5.74) is 5.28. The predicted molar refractivity (Wildman–Crippen MR) is 142 cm³/mol. The van der Waals surface area contributed by atoms with E-state index in [-0.39, 0.29) is 11.7 Å². The number of phenols is 1. The van der Waals surface area contributed by atoms with Crippen LogP contribution in [0.15, 0.2) is 61.2 Å². The quantitative estimate of drug-likeness (QED) is 0.413. The number of nitrogens with zero attached hydrogens (tertiary/aromatic N) is 4. The molecule has 6 rings (SSSR count). The van der Waals surface area contributed by atoms with Gasteiger partial charge in [-0.05, 0) is 53.5 Å². The average molecular weight is 499 g/mol. The van der Waals surface area contributed by atoms with Gasteiger partial charge in [0.25, 0.3) is 0 Å². The van der Waals surface area contributed by atoms with Crippen molar-refractivity contribution in [1.82, 2.24) is 14.9 Å². The molecule has 0 spiro atoms. The molecule has 0 unspecified atom stereocenters. The van der Waals surface area contributed by atoms with E-state index in [4.69, 9.17) is 14.7 Å². The average Bonchev–Trinajstić information content (AvgIpc) is 3.36. The highest BCUT2D eigenvalue weighted by Gasteiger charge is 2.22. The molecule has 1 N–H and O–H groups in total. The number of carbonyl (C=O) groups is 1. The molecule has 2 aromatic heterocycles. The Bertz CT molecular complexity index is 1480. The molecule has 2 aromatic carbocycles. The third-order valence-corrected chi connectivity index (χ3v) is 7.93. The molecule has 0 bridgehead atoms. The number of amides is 1. The van der Waals surface area contributed by atoms with E-state index in [0.717, 1.165) is 51.5 Å². The third-order valence-electron chi connectivity index (χ3n) is 6.76. The van der Waals surface area contributed by atoms with E-state index in [1.165, 1.54) is 17.2 Å². The Morgan fingerprint density at radius 2 is 1.89 bits per heavy atom. The van der Waals surface area contributed by atoms with Crippen LogP contribution in [0.25, 0.3) is 32.0 Å². The second kappa shape index (κ2) is 9.37. The number of aromatic nitrogens is 2. The summed E-state index contributed by atoms with van der Waals surface area (Å²) < 4.78 is 6.63. The van der Waals surface area contributed by atoms with E-state index in [2.05, 4.69) is 35.7 Å². The first-order chi connectivity index (χ1) is 17.6. The van der Waals surface area contributed by atoms with Crippen LogP contribution in [0.1, 0.15) is 11.1 Å². The zero-order valence-electron chi connectivity index (χ0n) is 19.8. The molecule has 2 aliphatic rings. The number of aromatic hydroxyl groups is 1. The number of phenolic OH excluding ortho intramolecular Hbond substituents is 1. The maximum absolute atomic E-state index is 12.0. The maximum Gasteiger partial charge on any atom is 0.246 e. The van der Waals surface area contributed by atoms with Crippen molar-refractivity contribution in [3.8, 4) is 27.6 Å². The van der Waals surface area contributed by atoms with Crippen molar-refractivity contribution >= 4 is 33.3 Å². The Kier molecular flexibility index (Phi) is 5.91. The lowest BCUT2D eigenvalue weighted by Crippen LogP contribution is -2.36. The maximum atomic E-state index is 12.0. The number of hydrogen-bond acceptors (Lipinski definition) is 7. The Balaban J connectivity index is 1.41. The Labute approximate surface area is 213 Å². The number of morpholine rings is 1. The molecule has 0 atom stereocenters. The SMILES string of the molecule is C=CC(=O)N1CCc2cc(-c3cc4nc(-c5cccc(O)c5)nc(N5CCOCC5)c4s3)ccc2C1. The molecule has 4 aromatic rings. The van der Waals surface area contributed by atoms with Crippen LogP contribution in [0.5, 0.6) is 5.75 Å². The zero-order valence-corrected chi connectivity index (χ0v) is 20.6. The number of hydrogen-bond donors (Lipinski definition) is 1. The molecule has 182 valence electrons. The van der Waals surface area contributed by atoms with Crippen molar-refractivity contribution in [2.75, 3.05) is 37.7 Å². The number of carbonyl (C=O) groups excluding carboxylic acids is 1. The zero-order chi connectivity index (χ0) is 24.6. The molecule has 1 saturated heterocycles. The molecule has 0 radical (unpaired) electrons. The van der Waals surface area contributed by atoms with Crippen LogP contribution >= 0.6 is 11.3 Å². The fraction of sp³-hybridized carbons (Fsp3) is 0.250. The predicted octanol–water partition coefficient (Wildman–Crippen LogP) is 4.64. The van der Waals surface area contributed by atoms with Crippen LogP contribution in [0.3, 0.4) is 0 Å². The van der Waals surface area contributed by atoms with Crippen LogP contribution in [0, 0.1) is 0 Å². The molecule has 1 fully saturated rings. The Morgan fingerprint density at radius 3 is 2.69 bits per heavy atom. The summed E-state index contributed by atoms with van der Waals surface area (Å²) in [6, 6.07) is 15.7. The molecule has 2 aliphatic heterocycles. The van der Waals surface area contributed by atoms with E-state index in [1.807, 2.05) is 17.0 Å². The van der Waals surface area contributed by atoms with Gasteiger partial charge in [-0.3, -0.25) is 4.79 Å². The Hall–Kier alpha value is -3.75. The van der Waals surface area contributed by atoms with Crippen molar-refractivity contribution in [3.63, 3.8) is 0 Å². The normalized spacial score (nSPS) is 15.7. The van der Waals surface area contributed by atoms with Crippen LogP contribution in [0.4, 0.5) is 5.82 Å². The van der Waals surface area contributed by atoms with Gasteiger partial charge in [-0.2, -0.15) is 0 Å². The van der Waals surface area contributed by atoms with Gasteiger partial charge in [-0.25, -0.2) is 9.97 Å². The van der Waals surface area contributed by atoms with Crippen molar-refractivity contribution in [3.05, 3.63) is 72.3 Å². The molecule has 0 saturated carbocycles.